The molecular weight excluding hydrogens is 396 g/mol. The molecule has 0 unspecified atom stereocenters. The molecule has 0 radical (unpaired) electrons. The molecule has 9 heteroatoms. The minimum absolute atomic E-state index is 0.0829. The van der Waals surface area contributed by atoms with E-state index in [1.165, 1.54) is 11.8 Å². The van der Waals surface area contributed by atoms with Gasteiger partial charge in [-0.05, 0) is 36.8 Å². The van der Waals surface area contributed by atoms with Crippen LogP contribution in [0.5, 0.6) is 0 Å². The van der Waals surface area contributed by atoms with Gasteiger partial charge >= 0.3 is 0 Å². The number of carbonyl (C=O) groups excluding carboxylic acids is 1. The molecule has 1 aliphatic heterocycles. The lowest BCUT2D eigenvalue weighted by atomic mass is 10.1. The van der Waals surface area contributed by atoms with Crippen molar-refractivity contribution < 1.29 is 13.2 Å². The summed E-state index contributed by atoms with van der Waals surface area (Å²) in [6.45, 7) is 4.05. The molecule has 0 spiro atoms. The molecule has 0 aliphatic carbocycles. The number of benzene rings is 1. The lowest BCUT2D eigenvalue weighted by Crippen LogP contribution is -2.16. The summed E-state index contributed by atoms with van der Waals surface area (Å²) in [6.07, 6.45) is 2.13. The van der Waals surface area contributed by atoms with Gasteiger partial charge in [0, 0.05) is 19.2 Å². The topological polar surface area (TPSA) is 94.0 Å². The fraction of sp³-hybridized carbons (Fsp3) is 0.526. The first-order valence-electron chi connectivity index (χ1n) is 9.39. The lowest BCUT2D eigenvalue weighted by molar-refractivity contribution is -0.113. The first-order valence-corrected chi connectivity index (χ1v) is 12.2. The van der Waals surface area contributed by atoms with Crippen LogP contribution in [0.4, 0.5) is 5.69 Å². The van der Waals surface area contributed by atoms with E-state index in [1.54, 1.807) is 0 Å². The fourth-order valence-electron chi connectivity index (χ4n) is 3.45. The summed E-state index contributed by atoms with van der Waals surface area (Å²) in [5, 5.41) is 12.0. The third kappa shape index (κ3) is 4.94. The van der Waals surface area contributed by atoms with Gasteiger partial charge in [0.15, 0.2) is 15.0 Å². The first-order chi connectivity index (χ1) is 13.3. The second-order valence-electron chi connectivity index (χ2n) is 7.23. The van der Waals surface area contributed by atoms with Crippen molar-refractivity contribution in [2.75, 3.05) is 22.6 Å². The lowest BCUT2D eigenvalue weighted by Gasteiger charge is -2.12. The van der Waals surface area contributed by atoms with Gasteiger partial charge in [-0.2, -0.15) is 0 Å². The molecule has 0 saturated carbocycles. The molecule has 1 aliphatic rings. The minimum atomic E-state index is -2.90. The normalized spacial score (nSPS) is 18.3. The summed E-state index contributed by atoms with van der Waals surface area (Å²) in [5.41, 5.74) is 3.05. The Morgan fingerprint density at radius 1 is 1.36 bits per heavy atom. The fourth-order valence-corrected chi connectivity index (χ4v) is 6.04. The number of hydrogen-bond acceptors (Lipinski definition) is 6. The van der Waals surface area contributed by atoms with Crippen LogP contribution in [0.1, 0.15) is 30.3 Å². The van der Waals surface area contributed by atoms with Crippen LogP contribution in [-0.4, -0.2) is 46.3 Å². The van der Waals surface area contributed by atoms with Crippen LogP contribution in [0.2, 0.25) is 0 Å². The zero-order valence-corrected chi connectivity index (χ0v) is 18.1. The quantitative estimate of drug-likeness (QED) is 0.689. The average Bonchev–Trinajstić information content (AvgIpc) is 3.17. The highest BCUT2D eigenvalue weighted by Crippen LogP contribution is 2.25. The van der Waals surface area contributed by atoms with Gasteiger partial charge in [-0.1, -0.05) is 36.9 Å². The number of aromatic nitrogens is 3. The number of anilines is 1. The van der Waals surface area contributed by atoms with Gasteiger partial charge in [-0.15, -0.1) is 10.2 Å². The SMILES string of the molecule is CCc1cccc(C)c1NC(=O)CSc1nnc(C[C@@H]2CCS(=O)(=O)C2)n1C. The van der Waals surface area contributed by atoms with Crippen LogP contribution in [-0.2, 0) is 34.5 Å². The molecule has 28 heavy (non-hydrogen) atoms. The van der Waals surface area contributed by atoms with Crippen LogP contribution in [0.3, 0.4) is 0 Å². The Morgan fingerprint density at radius 2 is 2.14 bits per heavy atom. The molecule has 3 rings (SSSR count). The number of para-hydroxylation sites is 1. The monoisotopic (exact) mass is 422 g/mol. The van der Waals surface area contributed by atoms with Gasteiger partial charge < -0.3 is 9.88 Å². The summed E-state index contributed by atoms with van der Waals surface area (Å²) in [4.78, 5) is 12.4. The molecule has 1 saturated heterocycles. The van der Waals surface area contributed by atoms with E-state index < -0.39 is 9.84 Å². The smallest absolute Gasteiger partial charge is 0.234 e. The largest absolute Gasteiger partial charge is 0.325 e. The van der Waals surface area contributed by atoms with Crippen LogP contribution >= 0.6 is 11.8 Å². The third-order valence-corrected chi connectivity index (χ3v) is 7.92. The van der Waals surface area contributed by atoms with Gasteiger partial charge in [0.2, 0.25) is 5.91 Å². The Balaban J connectivity index is 1.58. The highest BCUT2D eigenvalue weighted by Gasteiger charge is 2.29. The second-order valence-corrected chi connectivity index (χ2v) is 10.4. The molecular formula is C19H26N4O3S2. The van der Waals surface area contributed by atoms with Crippen molar-refractivity contribution in [3.05, 3.63) is 35.2 Å². The zero-order valence-electron chi connectivity index (χ0n) is 16.4. The molecule has 1 atom stereocenters. The zero-order chi connectivity index (χ0) is 20.3. The molecule has 1 aromatic carbocycles. The number of amides is 1. The summed E-state index contributed by atoms with van der Waals surface area (Å²) in [5.74, 6) is 1.50. The highest BCUT2D eigenvalue weighted by atomic mass is 32.2. The van der Waals surface area contributed by atoms with E-state index in [0.29, 0.717) is 18.0 Å². The Morgan fingerprint density at radius 3 is 2.82 bits per heavy atom. The number of nitrogens with one attached hydrogen (secondary N) is 1. The third-order valence-electron chi connectivity index (χ3n) is 5.06. The van der Waals surface area contributed by atoms with Crippen LogP contribution in [0.25, 0.3) is 0 Å². The van der Waals surface area contributed by atoms with Gasteiger partial charge in [0.05, 0.1) is 17.3 Å². The number of rotatable bonds is 7. The molecule has 1 amide bonds. The standard InChI is InChI=1S/C19H26N4O3S2/c1-4-15-7-5-6-13(2)18(15)20-17(24)11-27-19-22-21-16(23(19)3)10-14-8-9-28(25,26)12-14/h5-7,14H,4,8-12H2,1-3H3,(H,20,24)/t14-/m0/s1. The van der Waals surface area contributed by atoms with Crippen LogP contribution < -0.4 is 5.32 Å². The maximum absolute atomic E-state index is 12.4. The molecule has 1 aromatic heterocycles. The summed E-state index contributed by atoms with van der Waals surface area (Å²) >= 11 is 1.33. The summed E-state index contributed by atoms with van der Waals surface area (Å²) in [6, 6.07) is 6.00. The molecule has 2 aromatic rings. The van der Waals surface area contributed by atoms with Crippen molar-refractivity contribution in [2.45, 2.75) is 38.3 Å². The summed E-state index contributed by atoms with van der Waals surface area (Å²) in [7, 11) is -1.04. The number of thioether (sulfide) groups is 1. The number of carbonyl (C=O) groups is 1. The maximum Gasteiger partial charge on any atom is 0.234 e. The van der Waals surface area contributed by atoms with E-state index in [0.717, 1.165) is 29.1 Å². The Hall–Kier alpha value is -1.87. The molecule has 1 fully saturated rings. The van der Waals surface area contributed by atoms with E-state index in [9.17, 15) is 13.2 Å². The molecule has 1 N–H and O–H groups in total. The van der Waals surface area contributed by atoms with E-state index in [4.69, 9.17) is 0 Å². The van der Waals surface area contributed by atoms with Crippen molar-refractivity contribution in [3.63, 3.8) is 0 Å². The number of hydrogen-bond donors (Lipinski definition) is 1. The van der Waals surface area contributed by atoms with Crippen molar-refractivity contribution in [1.82, 2.24) is 14.8 Å². The van der Waals surface area contributed by atoms with Crippen molar-refractivity contribution in [3.8, 4) is 0 Å². The molecule has 152 valence electrons. The van der Waals surface area contributed by atoms with Gasteiger partial charge in [0.1, 0.15) is 5.82 Å². The highest BCUT2D eigenvalue weighted by molar-refractivity contribution is 7.99. The minimum Gasteiger partial charge on any atom is -0.325 e. The van der Waals surface area contributed by atoms with E-state index in [-0.39, 0.29) is 29.1 Å². The molecule has 7 nitrogen and oxygen atoms in total. The van der Waals surface area contributed by atoms with Crippen LogP contribution in [0, 0.1) is 12.8 Å². The molecule has 0 bridgehead atoms. The number of aryl methyl sites for hydroxylation is 2. The van der Waals surface area contributed by atoms with E-state index in [2.05, 4.69) is 22.4 Å². The van der Waals surface area contributed by atoms with Gasteiger partial charge in [-0.25, -0.2) is 8.42 Å². The maximum atomic E-state index is 12.4. The van der Waals surface area contributed by atoms with E-state index >= 15 is 0 Å². The molecule has 2 heterocycles. The van der Waals surface area contributed by atoms with Crippen LogP contribution in [0.15, 0.2) is 23.4 Å². The van der Waals surface area contributed by atoms with Crippen molar-refractivity contribution >= 4 is 33.2 Å². The van der Waals surface area contributed by atoms with Crippen molar-refractivity contribution in [2.24, 2.45) is 13.0 Å². The Kier molecular flexibility index (Phi) is 6.44. The Bertz CT molecular complexity index is 970. The predicted molar refractivity (Wildman–Crippen MR) is 111 cm³/mol. The predicted octanol–water partition coefficient (Wildman–Crippen LogP) is 2.39. The second kappa shape index (κ2) is 8.65. The van der Waals surface area contributed by atoms with E-state index in [1.807, 2.05) is 36.7 Å². The number of sulfone groups is 1. The summed E-state index contributed by atoms with van der Waals surface area (Å²) < 4.78 is 25.1. The number of nitrogens with zero attached hydrogens (tertiary/aromatic N) is 3. The van der Waals surface area contributed by atoms with Crippen molar-refractivity contribution in [1.29, 1.82) is 0 Å². The van der Waals surface area contributed by atoms with Gasteiger partial charge in [-0.3, -0.25) is 4.79 Å². The average molecular weight is 423 g/mol. The Labute approximate surface area is 170 Å². The first kappa shape index (κ1) is 20.9. The van der Waals surface area contributed by atoms with Gasteiger partial charge in [0.25, 0.3) is 0 Å².